The maximum absolute atomic E-state index is 6.25. The maximum atomic E-state index is 6.25. The van der Waals surface area contributed by atoms with Gasteiger partial charge in [0.15, 0.2) is 0 Å². The van der Waals surface area contributed by atoms with Gasteiger partial charge in [0.05, 0.1) is 5.69 Å². The Morgan fingerprint density at radius 3 is 2.50 bits per heavy atom. The number of fused-ring (bicyclic) bond motifs is 2. The molecule has 0 unspecified atom stereocenters. The molecule has 0 radical (unpaired) electrons. The van der Waals surface area contributed by atoms with Gasteiger partial charge in [0.2, 0.25) is 0 Å². The van der Waals surface area contributed by atoms with Gasteiger partial charge in [-0.15, -0.1) is 0 Å². The van der Waals surface area contributed by atoms with Gasteiger partial charge in [-0.25, -0.2) is 0 Å². The van der Waals surface area contributed by atoms with Crippen molar-refractivity contribution >= 4 is 5.69 Å². The van der Waals surface area contributed by atoms with Crippen molar-refractivity contribution < 1.29 is 4.74 Å². The minimum absolute atomic E-state index is 0.292. The van der Waals surface area contributed by atoms with Crippen LogP contribution < -0.4 is 10.5 Å². The number of benzene rings is 1. The topological polar surface area (TPSA) is 35.2 Å². The van der Waals surface area contributed by atoms with Gasteiger partial charge in [0, 0.05) is 5.41 Å². The van der Waals surface area contributed by atoms with Gasteiger partial charge in [-0.1, -0.05) is 32.9 Å². The van der Waals surface area contributed by atoms with Crippen LogP contribution in [0.1, 0.15) is 40.0 Å². The highest BCUT2D eigenvalue weighted by Gasteiger charge is 2.62. The second kappa shape index (κ2) is 3.66. The van der Waals surface area contributed by atoms with Crippen LogP contribution in [-0.4, -0.2) is 6.10 Å². The number of nitrogen functional groups attached to an aromatic ring is 1. The molecule has 2 saturated carbocycles. The molecule has 3 atom stereocenters. The molecule has 0 aromatic heterocycles. The summed E-state index contributed by atoms with van der Waals surface area (Å²) in [5.74, 6) is 1.66. The van der Waals surface area contributed by atoms with Crippen LogP contribution in [0, 0.1) is 16.7 Å². The fraction of sp³-hybridized carbons (Fsp3) is 0.625. The van der Waals surface area contributed by atoms with Crippen LogP contribution in [0.15, 0.2) is 24.3 Å². The van der Waals surface area contributed by atoms with E-state index in [9.17, 15) is 0 Å². The number of hydrogen-bond donors (Lipinski definition) is 1. The van der Waals surface area contributed by atoms with Gasteiger partial charge < -0.3 is 10.5 Å². The molecule has 2 heteroatoms. The van der Waals surface area contributed by atoms with Crippen LogP contribution in [-0.2, 0) is 0 Å². The van der Waals surface area contributed by atoms with Crippen molar-refractivity contribution in [3.8, 4) is 5.75 Å². The molecule has 2 aliphatic carbocycles. The third-order valence-electron chi connectivity index (χ3n) is 5.90. The third kappa shape index (κ3) is 1.41. The number of hydrogen-bond acceptors (Lipinski definition) is 2. The molecule has 0 heterocycles. The Bertz CT molecular complexity index is 468. The monoisotopic (exact) mass is 245 g/mol. The molecule has 0 spiro atoms. The molecule has 2 fully saturated rings. The van der Waals surface area contributed by atoms with E-state index in [-0.39, 0.29) is 0 Å². The molecule has 3 rings (SSSR count). The van der Waals surface area contributed by atoms with E-state index < -0.39 is 0 Å². The van der Waals surface area contributed by atoms with E-state index in [1.165, 1.54) is 19.3 Å². The van der Waals surface area contributed by atoms with Crippen molar-refractivity contribution in [3.63, 3.8) is 0 Å². The van der Waals surface area contributed by atoms with Gasteiger partial charge >= 0.3 is 0 Å². The molecule has 2 nitrogen and oxygen atoms in total. The van der Waals surface area contributed by atoms with Gasteiger partial charge in [0.1, 0.15) is 11.9 Å². The fourth-order valence-electron chi connectivity index (χ4n) is 4.05. The molecule has 98 valence electrons. The Morgan fingerprint density at radius 1 is 1.22 bits per heavy atom. The summed E-state index contributed by atoms with van der Waals surface area (Å²) in [4.78, 5) is 0. The summed E-state index contributed by atoms with van der Waals surface area (Å²) in [6.07, 6.45) is 4.13. The molecule has 0 saturated heterocycles. The average molecular weight is 245 g/mol. The van der Waals surface area contributed by atoms with Crippen LogP contribution in [0.25, 0.3) is 0 Å². The molecule has 1 aromatic rings. The first kappa shape index (κ1) is 11.9. The minimum Gasteiger partial charge on any atom is -0.488 e. The van der Waals surface area contributed by atoms with E-state index >= 15 is 0 Å². The lowest BCUT2D eigenvalue weighted by Crippen LogP contribution is -2.39. The first-order valence-corrected chi connectivity index (χ1v) is 6.96. The highest BCUT2D eigenvalue weighted by molar-refractivity contribution is 5.52. The zero-order chi connectivity index (χ0) is 13.0. The SMILES string of the molecule is CC1(C)[C@H]2CC[C@]1(C)[C@H](Oc1ccccc1N)C2. The van der Waals surface area contributed by atoms with Crippen LogP contribution in [0.4, 0.5) is 5.69 Å². The second-order valence-electron chi connectivity index (χ2n) is 6.75. The number of ether oxygens (including phenoxy) is 1. The Kier molecular flexibility index (Phi) is 2.42. The molecule has 2 N–H and O–H groups in total. The molecule has 2 bridgehead atoms. The summed E-state index contributed by atoms with van der Waals surface area (Å²) in [7, 11) is 0. The van der Waals surface area contributed by atoms with Gasteiger partial charge in [-0.2, -0.15) is 0 Å². The van der Waals surface area contributed by atoms with E-state index in [1.54, 1.807) is 0 Å². The molecule has 18 heavy (non-hydrogen) atoms. The van der Waals surface area contributed by atoms with Gasteiger partial charge in [-0.3, -0.25) is 0 Å². The van der Waals surface area contributed by atoms with Crippen LogP contribution in [0.2, 0.25) is 0 Å². The predicted molar refractivity (Wildman–Crippen MR) is 74.5 cm³/mol. The fourth-order valence-corrected chi connectivity index (χ4v) is 4.05. The number of para-hydroxylation sites is 2. The molecular weight excluding hydrogens is 222 g/mol. The Balaban J connectivity index is 1.86. The summed E-state index contributed by atoms with van der Waals surface area (Å²) in [6.45, 7) is 7.20. The smallest absolute Gasteiger partial charge is 0.142 e. The molecule has 0 aliphatic heterocycles. The van der Waals surface area contributed by atoms with E-state index in [0.29, 0.717) is 16.9 Å². The lowest BCUT2D eigenvalue weighted by atomic mass is 9.70. The van der Waals surface area contributed by atoms with E-state index in [2.05, 4.69) is 20.8 Å². The van der Waals surface area contributed by atoms with Crippen LogP contribution >= 0.6 is 0 Å². The number of anilines is 1. The Morgan fingerprint density at radius 2 is 1.94 bits per heavy atom. The molecule has 2 aliphatic rings. The highest BCUT2D eigenvalue weighted by atomic mass is 16.5. The van der Waals surface area contributed by atoms with Crippen molar-refractivity contribution in [1.29, 1.82) is 0 Å². The number of nitrogens with two attached hydrogens (primary N) is 1. The normalized spacial score (nSPS) is 36.8. The zero-order valence-electron chi connectivity index (χ0n) is 11.6. The van der Waals surface area contributed by atoms with E-state index in [1.807, 2.05) is 24.3 Å². The van der Waals surface area contributed by atoms with Crippen LogP contribution in [0.3, 0.4) is 0 Å². The largest absolute Gasteiger partial charge is 0.488 e. The van der Waals surface area contributed by atoms with Crippen LogP contribution in [0.5, 0.6) is 5.75 Å². The van der Waals surface area contributed by atoms with Gasteiger partial charge in [0.25, 0.3) is 0 Å². The minimum atomic E-state index is 0.292. The maximum Gasteiger partial charge on any atom is 0.142 e. The van der Waals surface area contributed by atoms with E-state index in [0.717, 1.165) is 17.4 Å². The lowest BCUT2D eigenvalue weighted by Gasteiger charge is -2.39. The first-order chi connectivity index (χ1) is 8.45. The third-order valence-corrected chi connectivity index (χ3v) is 5.90. The molecular formula is C16H23NO. The van der Waals surface area contributed by atoms with E-state index in [4.69, 9.17) is 10.5 Å². The van der Waals surface area contributed by atoms with Gasteiger partial charge in [-0.05, 0) is 42.7 Å². The highest BCUT2D eigenvalue weighted by Crippen LogP contribution is 2.66. The summed E-state index contributed by atoms with van der Waals surface area (Å²) >= 11 is 0. The summed E-state index contributed by atoms with van der Waals surface area (Å²) < 4.78 is 6.25. The Labute approximate surface area is 110 Å². The van der Waals surface area contributed by atoms with Crippen molar-refractivity contribution in [1.82, 2.24) is 0 Å². The summed E-state index contributed by atoms with van der Waals surface area (Å²) in [5.41, 5.74) is 7.42. The molecule has 0 amide bonds. The number of rotatable bonds is 2. The second-order valence-corrected chi connectivity index (χ2v) is 6.75. The summed E-state index contributed by atoms with van der Waals surface area (Å²) in [5, 5.41) is 0. The Hall–Kier alpha value is -1.18. The standard InChI is InChI=1S/C16H23NO/c1-15(2)11-8-9-16(15,3)14(10-11)18-13-7-5-4-6-12(13)17/h4-7,11,14H,8-10,17H2,1-3H3/t11-,14+,16+/m0/s1. The zero-order valence-corrected chi connectivity index (χ0v) is 11.6. The lowest BCUT2D eigenvalue weighted by molar-refractivity contribution is 0.0306. The average Bonchev–Trinajstić information content (AvgIpc) is 2.65. The summed E-state index contributed by atoms with van der Waals surface area (Å²) in [6, 6.07) is 7.84. The van der Waals surface area contributed by atoms with Crippen molar-refractivity contribution in [2.24, 2.45) is 16.7 Å². The molecule has 1 aromatic carbocycles. The quantitative estimate of drug-likeness (QED) is 0.803. The van der Waals surface area contributed by atoms with Crippen molar-refractivity contribution in [2.75, 3.05) is 5.73 Å². The van der Waals surface area contributed by atoms with Crippen molar-refractivity contribution in [3.05, 3.63) is 24.3 Å². The predicted octanol–water partition coefficient (Wildman–Crippen LogP) is 3.86. The van der Waals surface area contributed by atoms with Crippen molar-refractivity contribution in [2.45, 2.75) is 46.1 Å². The first-order valence-electron chi connectivity index (χ1n) is 6.96.